The second-order valence-corrected chi connectivity index (χ2v) is 7.28. The van der Waals surface area contributed by atoms with E-state index in [0.29, 0.717) is 0 Å². The van der Waals surface area contributed by atoms with Crippen LogP contribution in [-0.4, -0.2) is 21.3 Å². The second kappa shape index (κ2) is 3.03. The summed E-state index contributed by atoms with van der Waals surface area (Å²) in [6.07, 6.45) is 0. The molecule has 0 aliphatic carbocycles. The average Bonchev–Trinajstić information content (AvgIpc) is 2.02. The van der Waals surface area contributed by atoms with Crippen LogP contribution < -0.4 is 0 Å². The molecule has 74 valence electrons. The molecule has 1 unspecified atom stereocenters. The molecule has 0 aromatic heterocycles. The van der Waals surface area contributed by atoms with Gasteiger partial charge in [0.05, 0.1) is 0 Å². The van der Waals surface area contributed by atoms with Gasteiger partial charge in [-0.2, -0.15) is 0 Å². The SMILES string of the molecule is CC(c1ccccc1)P(C)(O)(O)O. The summed E-state index contributed by atoms with van der Waals surface area (Å²) in [5.41, 5.74) is 0.0994. The zero-order chi connectivity index (χ0) is 10.1. The van der Waals surface area contributed by atoms with Gasteiger partial charge in [0.1, 0.15) is 0 Å². The topological polar surface area (TPSA) is 60.7 Å². The number of rotatable bonds is 2. The summed E-state index contributed by atoms with van der Waals surface area (Å²) in [5.74, 6) is 0. The van der Waals surface area contributed by atoms with Crippen LogP contribution in [0.15, 0.2) is 30.3 Å². The molecular formula is C9H15O3P. The fourth-order valence-electron chi connectivity index (χ4n) is 1.08. The molecule has 0 aliphatic heterocycles. The Bertz CT molecular complexity index is 279. The van der Waals surface area contributed by atoms with Gasteiger partial charge in [-0.25, -0.2) is 0 Å². The van der Waals surface area contributed by atoms with Gasteiger partial charge in [-0.05, 0) is 0 Å². The average molecular weight is 202 g/mol. The second-order valence-electron chi connectivity index (χ2n) is 3.56. The molecule has 1 aromatic rings. The van der Waals surface area contributed by atoms with Crippen molar-refractivity contribution in [2.24, 2.45) is 0 Å². The molecule has 0 saturated heterocycles. The summed E-state index contributed by atoms with van der Waals surface area (Å²) in [6, 6.07) is 8.96. The Labute approximate surface area is 77.8 Å². The van der Waals surface area contributed by atoms with Gasteiger partial charge in [-0.1, -0.05) is 0 Å². The Morgan fingerprint density at radius 1 is 1.08 bits per heavy atom. The molecule has 0 aliphatic rings. The molecule has 3 N–H and O–H groups in total. The molecule has 0 spiro atoms. The molecule has 1 rings (SSSR count). The van der Waals surface area contributed by atoms with Crippen molar-refractivity contribution in [3.63, 3.8) is 0 Å². The van der Waals surface area contributed by atoms with Gasteiger partial charge >= 0.3 is 77.1 Å². The molecule has 1 aromatic carbocycles. The van der Waals surface area contributed by atoms with E-state index in [1.807, 2.05) is 6.07 Å². The van der Waals surface area contributed by atoms with E-state index in [1.165, 1.54) is 0 Å². The number of hydrogen-bond acceptors (Lipinski definition) is 3. The Balaban J connectivity index is 3.00. The van der Waals surface area contributed by atoms with Gasteiger partial charge in [0.15, 0.2) is 0 Å². The van der Waals surface area contributed by atoms with E-state index in [0.717, 1.165) is 12.2 Å². The van der Waals surface area contributed by atoms with Crippen molar-refractivity contribution >= 4 is 7.28 Å². The van der Waals surface area contributed by atoms with E-state index in [1.54, 1.807) is 31.2 Å². The zero-order valence-electron chi connectivity index (χ0n) is 7.75. The van der Waals surface area contributed by atoms with Crippen LogP contribution in [0.1, 0.15) is 18.1 Å². The van der Waals surface area contributed by atoms with Crippen molar-refractivity contribution in [3.8, 4) is 0 Å². The van der Waals surface area contributed by atoms with Crippen LogP contribution in [0.5, 0.6) is 0 Å². The van der Waals surface area contributed by atoms with Gasteiger partial charge in [0.25, 0.3) is 0 Å². The molecule has 0 heterocycles. The maximum absolute atomic E-state index is 9.45. The van der Waals surface area contributed by atoms with E-state index in [4.69, 9.17) is 0 Å². The normalized spacial score (nSPS) is 17.5. The summed E-state index contributed by atoms with van der Waals surface area (Å²) in [4.78, 5) is 28.3. The van der Waals surface area contributed by atoms with Crippen LogP contribution in [0, 0.1) is 0 Å². The minimum atomic E-state index is -4.46. The first-order chi connectivity index (χ1) is 5.77. The Morgan fingerprint density at radius 2 is 1.54 bits per heavy atom. The Hall–Kier alpha value is -0.470. The molecule has 0 saturated carbocycles. The van der Waals surface area contributed by atoms with Crippen LogP contribution in [0.4, 0.5) is 0 Å². The van der Waals surface area contributed by atoms with Gasteiger partial charge in [0.2, 0.25) is 0 Å². The van der Waals surface area contributed by atoms with Crippen LogP contribution in [0.25, 0.3) is 0 Å². The Kier molecular flexibility index (Phi) is 2.48. The summed E-state index contributed by atoms with van der Waals surface area (Å²) in [5, 5.41) is 0. The van der Waals surface area contributed by atoms with Crippen LogP contribution in [0.3, 0.4) is 0 Å². The van der Waals surface area contributed by atoms with Gasteiger partial charge in [0, 0.05) is 0 Å². The minimum absolute atomic E-state index is 0.632. The standard InChI is InChI=1S/C9H15O3P/c1-8(13(2,10,11)12)9-6-4-3-5-7-9/h3-8,10-12H,1-2H3. The van der Waals surface area contributed by atoms with Crippen LogP contribution in [-0.2, 0) is 0 Å². The fourth-order valence-corrected chi connectivity index (χ4v) is 1.95. The molecule has 1 atom stereocenters. The molecule has 4 heteroatoms. The molecule has 0 amide bonds. The monoisotopic (exact) mass is 202 g/mol. The zero-order valence-corrected chi connectivity index (χ0v) is 8.65. The predicted octanol–water partition coefficient (Wildman–Crippen LogP) is 1.65. The molecule has 0 radical (unpaired) electrons. The molecule has 0 bridgehead atoms. The van der Waals surface area contributed by atoms with Crippen molar-refractivity contribution in [2.45, 2.75) is 12.6 Å². The quantitative estimate of drug-likeness (QED) is 0.639. The van der Waals surface area contributed by atoms with Gasteiger partial charge in [-0.15, -0.1) is 0 Å². The van der Waals surface area contributed by atoms with Crippen LogP contribution >= 0.6 is 7.28 Å². The van der Waals surface area contributed by atoms with E-state index in [-0.39, 0.29) is 0 Å². The summed E-state index contributed by atoms with van der Waals surface area (Å²) >= 11 is 0. The van der Waals surface area contributed by atoms with Crippen molar-refractivity contribution in [2.75, 3.05) is 6.66 Å². The third-order valence-electron chi connectivity index (χ3n) is 2.19. The molecule has 13 heavy (non-hydrogen) atoms. The molecular weight excluding hydrogens is 187 g/mol. The third-order valence-corrected chi connectivity index (χ3v) is 4.30. The third kappa shape index (κ3) is 2.75. The molecule has 0 fully saturated rings. The van der Waals surface area contributed by atoms with Gasteiger partial charge < -0.3 is 0 Å². The van der Waals surface area contributed by atoms with Crippen LogP contribution in [0.2, 0.25) is 0 Å². The summed E-state index contributed by atoms with van der Waals surface area (Å²) < 4.78 is 0. The first kappa shape index (κ1) is 10.6. The Morgan fingerprint density at radius 3 is 1.92 bits per heavy atom. The van der Waals surface area contributed by atoms with Crippen molar-refractivity contribution in [1.82, 2.24) is 0 Å². The summed E-state index contributed by atoms with van der Waals surface area (Å²) in [6.45, 7) is 2.70. The van der Waals surface area contributed by atoms with E-state index < -0.39 is 12.9 Å². The molecule has 3 nitrogen and oxygen atoms in total. The van der Waals surface area contributed by atoms with Crippen molar-refractivity contribution < 1.29 is 14.7 Å². The van der Waals surface area contributed by atoms with Crippen molar-refractivity contribution in [1.29, 1.82) is 0 Å². The van der Waals surface area contributed by atoms with Gasteiger partial charge in [-0.3, -0.25) is 0 Å². The van der Waals surface area contributed by atoms with Crippen molar-refractivity contribution in [3.05, 3.63) is 35.9 Å². The predicted molar refractivity (Wildman–Crippen MR) is 54.4 cm³/mol. The first-order valence-electron chi connectivity index (χ1n) is 4.08. The fraction of sp³-hybridized carbons (Fsp3) is 0.333. The number of benzene rings is 1. The van der Waals surface area contributed by atoms with E-state index >= 15 is 0 Å². The number of hydrogen-bond donors (Lipinski definition) is 3. The first-order valence-corrected chi connectivity index (χ1v) is 6.69. The van der Waals surface area contributed by atoms with E-state index in [2.05, 4.69) is 0 Å². The summed E-state index contributed by atoms with van der Waals surface area (Å²) in [7, 11) is -4.46. The maximum atomic E-state index is 9.45. The van der Waals surface area contributed by atoms with E-state index in [9.17, 15) is 14.7 Å².